The van der Waals surface area contributed by atoms with E-state index in [2.05, 4.69) is 34.7 Å². The molecule has 1 aromatic carbocycles. The lowest BCUT2D eigenvalue weighted by Crippen LogP contribution is -2.38. The second-order valence-corrected chi connectivity index (χ2v) is 5.87. The molecule has 1 aliphatic carbocycles. The van der Waals surface area contributed by atoms with Crippen LogP contribution in [0.15, 0.2) is 40.9 Å². The SMILES string of the molecule is Cc1cc(C(=O)NCC2(c3ccccc3)CCCC2)on1. The fraction of sp³-hybridized carbons (Fsp3) is 0.412. The second kappa shape index (κ2) is 5.72. The van der Waals surface area contributed by atoms with E-state index in [0.717, 1.165) is 18.5 Å². The number of hydrogen-bond donors (Lipinski definition) is 1. The zero-order chi connectivity index (χ0) is 14.7. The number of nitrogens with one attached hydrogen (secondary N) is 1. The standard InChI is InChI=1S/C17H20N2O2/c1-13-11-15(21-19-13)16(20)18-12-17(9-5-6-10-17)14-7-3-2-4-8-14/h2-4,7-8,11H,5-6,9-10,12H2,1H3,(H,18,20). The molecular weight excluding hydrogens is 264 g/mol. The quantitative estimate of drug-likeness (QED) is 0.937. The number of aryl methyl sites for hydroxylation is 1. The normalized spacial score (nSPS) is 16.8. The van der Waals surface area contributed by atoms with Gasteiger partial charge in [0, 0.05) is 18.0 Å². The van der Waals surface area contributed by atoms with Crippen LogP contribution in [0.4, 0.5) is 0 Å². The molecule has 1 fully saturated rings. The largest absolute Gasteiger partial charge is 0.351 e. The minimum absolute atomic E-state index is 0.0615. The van der Waals surface area contributed by atoms with Crippen molar-refractivity contribution in [1.82, 2.24) is 10.5 Å². The molecule has 1 N–H and O–H groups in total. The molecule has 4 nitrogen and oxygen atoms in total. The minimum atomic E-state index is -0.183. The Bertz CT molecular complexity index is 613. The molecule has 1 heterocycles. The maximum absolute atomic E-state index is 12.1. The Morgan fingerprint density at radius 1 is 1.29 bits per heavy atom. The van der Waals surface area contributed by atoms with Crippen molar-refractivity contribution in [3.05, 3.63) is 53.4 Å². The number of nitrogens with zero attached hydrogens (tertiary/aromatic N) is 1. The summed E-state index contributed by atoms with van der Waals surface area (Å²) in [5, 5.41) is 6.78. The van der Waals surface area contributed by atoms with E-state index in [4.69, 9.17) is 4.52 Å². The molecule has 0 unspecified atom stereocenters. The number of carbonyl (C=O) groups excluding carboxylic acids is 1. The van der Waals surface area contributed by atoms with Crippen LogP contribution in [0.3, 0.4) is 0 Å². The lowest BCUT2D eigenvalue weighted by atomic mass is 9.79. The summed E-state index contributed by atoms with van der Waals surface area (Å²) in [6.07, 6.45) is 4.66. The van der Waals surface area contributed by atoms with Crippen LogP contribution in [0.1, 0.15) is 47.5 Å². The van der Waals surface area contributed by atoms with Crippen LogP contribution in [-0.4, -0.2) is 17.6 Å². The average molecular weight is 284 g/mol. The maximum atomic E-state index is 12.1. The van der Waals surface area contributed by atoms with Crippen LogP contribution < -0.4 is 5.32 Å². The number of benzene rings is 1. The van der Waals surface area contributed by atoms with Crippen molar-refractivity contribution in [2.45, 2.75) is 38.0 Å². The highest BCUT2D eigenvalue weighted by molar-refractivity contribution is 5.91. The first-order valence-corrected chi connectivity index (χ1v) is 7.47. The van der Waals surface area contributed by atoms with Crippen molar-refractivity contribution in [1.29, 1.82) is 0 Å². The Morgan fingerprint density at radius 3 is 2.62 bits per heavy atom. The highest BCUT2D eigenvalue weighted by Gasteiger charge is 2.36. The second-order valence-electron chi connectivity index (χ2n) is 5.87. The summed E-state index contributed by atoms with van der Waals surface area (Å²) in [5.74, 6) is 0.103. The van der Waals surface area contributed by atoms with E-state index in [-0.39, 0.29) is 17.1 Å². The van der Waals surface area contributed by atoms with Crippen molar-refractivity contribution < 1.29 is 9.32 Å². The molecular formula is C17H20N2O2. The topological polar surface area (TPSA) is 55.1 Å². The van der Waals surface area contributed by atoms with E-state index in [1.54, 1.807) is 6.07 Å². The van der Waals surface area contributed by atoms with E-state index in [1.807, 2.05) is 13.0 Å². The molecule has 0 spiro atoms. The van der Waals surface area contributed by atoms with Gasteiger partial charge in [0.2, 0.25) is 5.76 Å². The van der Waals surface area contributed by atoms with Gasteiger partial charge in [-0.15, -0.1) is 0 Å². The fourth-order valence-electron chi connectivity index (χ4n) is 3.22. The van der Waals surface area contributed by atoms with Crippen molar-refractivity contribution in [2.24, 2.45) is 0 Å². The molecule has 0 aliphatic heterocycles. The van der Waals surface area contributed by atoms with E-state index in [1.165, 1.54) is 18.4 Å². The summed E-state index contributed by atoms with van der Waals surface area (Å²) in [7, 11) is 0. The van der Waals surface area contributed by atoms with Gasteiger partial charge in [0.1, 0.15) is 0 Å². The molecule has 21 heavy (non-hydrogen) atoms. The van der Waals surface area contributed by atoms with Gasteiger partial charge in [-0.3, -0.25) is 4.79 Å². The third-order valence-electron chi connectivity index (χ3n) is 4.39. The molecule has 1 amide bonds. The Balaban J connectivity index is 1.73. The van der Waals surface area contributed by atoms with Crippen LogP contribution in [0, 0.1) is 6.92 Å². The van der Waals surface area contributed by atoms with Gasteiger partial charge in [-0.2, -0.15) is 0 Å². The van der Waals surface area contributed by atoms with E-state index < -0.39 is 0 Å². The van der Waals surface area contributed by atoms with Crippen molar-refractivity contribution in [3.8, 4) is 0 Å². The molecule has 0 saturated heterocycles. The zero-order valence-corrected chi connectivity index (χ0v) is 12.3. The predicted molar refractivity (Wildman–Crippen MR) is 80.2 cm³/mol. The van der Waals surface area contributed by atoms with Crippen LogP contribution in [0.2, 0.25) is 0 Å². The average Bonchev–Trinajstić information content (AvgIpc) is 3.16. The van der Waals surface area contributed by atoms with E-state index in [0.29, 0.717) is 6.54 Å². The van der Waals surface area contributed by atoms with Crippen molar-refractivity contribution in [3.63, 3.8) is 0 Å². The number of amides is 1. The van der Waals surface area contributed by atoms with Crippen LogP contribution in [0.5, 0.6) is 0 Å². The van der Waals surface area contributed by atoms with Crippen LogP contribution >= 0.6 is 0 Å². The zero-order valence-electron chi connectivity index (χ0n) is 12.3. The molecule has 2 aromatic rings. The summed E-state index contributed by atoms with van der Waals surface area (Å²) < 4.78 is 5.02. The summed E-state index contributed by atoms with van der Waals surface area (Å²) in [6.45, 7) is 2.46. The highest BCUT2D eigenvalue weighted by atomic mass is 16.5. The first kappa shape index (κ1) is 13.9. The Labute approximate surface area is 124 Å². The number of carbonyl (C=O) groups is 1. The van der Waals surface area contributed by atoms with Gasteiger partial charge < -0.3 is 9.84 Å². The molecule has 1 aliphatic rings. The molecule has 1 saturated carbocycles. The molecule has 0 atom stereocenters. The summed E-state index contributed by atoms with van der Waals surface area (Å²) in [5.41, 5.74) is 2.10. The number of aromatic nitrogens is 1. The minimum Gasteiger partial charge on any atom is -0.351 e. The molecule has 4 heteroatoms. The Morgan fingerprint density at radius 2 is 2.00 bits per heavy atom. The van der Waals surface area contributed by atoms with Gasteiger partial charge in [0.15, 0.2) is 0 Å². The molecule has 1 aromatic heterocycles. The van der Waals surface area contributed by atoms with E-state index in [9.17, 15) is 4.79 Å². The molecule has 110 valence electrons. The molecule has 3 rings (SSSR count). The smallest absolute Gasteiger partial charge is 0.289 e. The predicted octanol–water partition coefficient (Wildman–Crippen LogP) is 3.22. The van der Waals surface area contributed by atoms with Crippen molar-refractivity contribution in [2.75, 3.05) is 6.54 Å². The first-order valence-electron chi connectivity index (χ1n) is 7.47. The summed E-state index contributed by atoms with van der Waals surface area (Å²) >= 11 is 0. The third-order valence-corrected chi connectivity index (χ3v) is 4.39. The highest BCUT2D eigenvalue weighted by Crippen LogP contribution is 2.40. The summed E-state index contributed by atoms with van der Waals surface area (Å²) in [4.78, 5) is 12.1. The van der Waals surface area contributed by atoms with Gasteiger partial charge in [-0.1, -0.05) is 48.3 Å². The van der Waals surface area contributed by atoms with Crippen LogP contribution in [0.25, 0.3) is 0 Å². The number of rotatable bonds is 4. The number of hydrogen-bond acceptors (Lipinski definition) is 3. The van der Waals surface area contributed by atoms with Gasteiger partial charge in [0.05, 0.1) is 5.69 Å². The lowest BCUT2D eigenvalue weighted by molar-refractivity contribution is 0.0906. The Hall–Kier alpha value is -2.10. The fourth-order valence-corrected chi connectivity index (χ4v) is 3.22. The van der Waals surface area contributed by atoms with Gasteiger partial charge in [0.25, 0.3) is 5.91 Å². The van der Waals surface area contributed by atoms with Gasteiger partial charge in [-0.05, 0) is 25.3 Å². The monoisotopic (exact) mass is 284 g/mol. The van der Waals surface area contributed by atoms with Crippen LogP contribution in [-0.2, 0) is 5.41 Å². The lowest BCUT2D eigenvalue weighted by Gasteiger charge is -2.29. The molecule has 0 radical (unpaired) electrons. The Kier molecular flexibility index (Phi) is 3.78. The third kappa shape index (κ3) is 2.84. The maximum Gasteiger partial charge on any atom is 0.289 e. The van der Waals surface area contributed by atoms with Gasteiger partial charge in [-0.25, -0.2) is 0 Å². The van der Waals surface area contributed by atoms with E-state index >= 15 is 0 Å². The summed E-state index contributed by atoms with van der Waals surface area (Å²) in [6, 6.07) is 12.2. The molecule has 0 bridgehead atoms. The van der Waals surface area contributed by atoms with Gasteiger partial charge >= 0.3 is 0 Å². The van der Waals surface area contributed by atoms with Crippen molar-refractivity contribution >= 4 is 5.91 Å². The first-order chi connectivity index (χ1) is 10.2.